The van der Waals surface area contributed by atoms with Crippen molar-refractivity contribution >= 4 is 17.5 Å². The van der Waals surface area contributed by atoms with Gasteiger partial charge < -0.3 is 5.32 Å². The van der Waals surface area contributed by atoms with Crippen LogP contribution in [0.15, 0.2) is 92.1 Å². The molecule has 1 heteroatoms. The zero-order valence-corrected chi connectivity index (χ0v) is 17.3. The fourth-order valence-electron chi connectivity index (χ4n) is 2.86. The van der Waals surface area contributed by atoms with Crippen LogP contribution in [0.2, 0.25) is 0 Å². The van der Waals surface area contributed by atoms with E-state index in [-0.39, 0.29) is 0 Å². The molecular weight excluding hydrogens is 338 g/mol. The van der Waals surface area contributed by atoms with Gasteiger partial charge in [-0.1, -0.05) is 94.3 Å². The standard InChI is InChI=1S/C27H31N/c1-7-9-23(8-2)18-26-19-27(17-11-21(26)5)28-22(6)25-15-13-24(14-16-25)12-10-20(3)4/h7-17,19-20,28H,1-2,6,18H2,3-5H3/b12-10+,23-9+. The van der Waals surface area contributed by atoms with Crippen molar-refractivity contribution in [1.82, 2.24) is 0 Å². The summed E-state index contributed by atoms with van der Waals surface area (Å²) < 4.78 is 0. The van der Waals surface area contributed by atoms with Crippen LogP contribution in [0.4, 0.5) is 5.69 Å². The first kappa shape index (κ1) is 21.2. The topological polar surface area (TPSA) is 12.0 Å². The van der Waals surface area contributed by atoms with Crippen molar-refractivity contribution in [2.45, 2.75) is 27.2 Å². The molecule has 0 aliphatic rings. The van der Waals surface area contributed by atoms with Gasteiger partial charge in [-0.05, 0) is 59.2 Å². The summed E-state index contributed by atoms with van der Waals surface area (Å²) in [7, 11) is 0. The lowest BCUT2D eigenvalue weighted by molar-refractivity contribution is 0.836. The maximum Gasteiger partial charge on any atom is 0.0387 e. The average molecular weight is 370 g/mol. The molecule has 0 atom stereocenters. The Labute approximate surface area is 170 Å². The van der Waals surface area contributed by atoms with Crippen LogP contribution < -0.4 is 5.32 Å². The molecule has 0 fully saturated rings. The third-order valence-corrected chi connectivity index (χ3v) is 4.57. The van der Waals surface area contributed by atoms with Gasteiger partial charge in [0.1, 0.15) is 0 Å². The van der Waals surface area contributed by atoms with Gasteiger partial charge in [0.2, 0.25) is 0 Å². The highest BCUT2D eigenvalue weighted by Crippen LogP contribution is 2.23. The first-order chi connectivity index (χ1) is 13.4. The third kappa shape index (κ3) is 6.28. The summed E-state index contributed by atoms with van der Waals surface area (Å²) in [4.78, 5) is 0. The van der Waals surface area contributed by atoms with Crippen LogP contribution in [-0.2, 0) is 6.42 Å². The molecule has 0 aliphatic carbocycles. The molecule has 0 amide bonds. The second kappa shape index (κ2) is 10.3. The SMILES string of the molecule is C=C/C=C(\C=C)Cc1cc(NC(=C)c2ccc(/C=C/C(C)C)cc2)ccc1C. The third-order valence-electron chi connectivity index (χ3n) is 4.57. The average Bonchev–Trinajstić information content (AvgIpc) is 2.68. The largest absolute Gasteiger partial charge is 0.356 e. The van der Waals surface area contributed by atoms with Gasteiger partial charge in [0, 0.05) is 11.4 Å². The van der Waals surface area contributed by atoms with Crippen molar-refractivity contribution in [2.75, 3.05) is 5.32 Å². The number of anilines is 1. The monoisotopic (exact) mass is 369 g/mol. The fourth-order valence-corrected chi connectivity index (χ4v) is 2.86. The van der Waals surface area contributed by atoms with E-state index in [0.29, 0.717) is 5.92 Å². The van der Waals surface area contributed by atoms with Gasteiger partial charge in [0.05, 0.1) is 0 Å². The zero-order chi connectivity index (χ0) is 20.5. The van der Waals surface area contributed by atoms with Crippen LogP contribution in [-0.4, -0.2) is 0 Å². The van der Waals surface area contributed by atoms with E-state index in [1.54, 1.807) is 6.08 Å². The van der Waals surface area contributed by atoms with E-state index in [4.69, 9.17) is 0 Å². The molecule has 0 saturated carbocycles. The zero-order valence-electron chi connectivity index (χ0n) is 17.3. The van der Waals surface area contributed by atoms with Crippen LogP contribution in [0, 0.1) is 12.8 Å². The first-order valence-electron chi connectivity index (χ1n) is 9.71. The number of rotatable bonds is 9. The second-order valence-corrected chi connectivity index (χ2v) is 7.33. The Morgan fingerprint density at radius 1 is 1.07 bits per heavy atom. The number of benzene rings is 2. The molecule has 28 heavy (non-hydrogen) atoms. The summed E-state index contributed by atoms with van der Waals surface area (Å²) >= 11 is 0. The predicted molar refractivity (Wildman–Crippen MR) is 126 cm³/mol. The second-order valence-electron chi connectivity index (χ2n) is 7.33. The molecular formula is C27H31N. The van der Waals surface area contributed by atoms with Crippen LogP contribution in [0.1, 0.15) is 36.1 Å². The summed E-state index contributed by atoms with van der Waals surface area (Å²) in [6.45, 7) is 18.4. The summed E-state index contributed by atoms with van der Waals surface area (Å²) in [6, 6.07) is 14.9. The van der Waals surface area contributed by atoms with Crippen LogP contribution in [0.25, 0.3) is 11.8 Å². The first-order valence-corrected chi connectivity index (χ1v) is 9.71. The highest BCUT2D eigenvalue weighted by molar-refractivity contribution is 5.76. The molecule has 0 bridgehead atoms. The molecule has 0 radical (unpaired) electrons. The highest BCUT2D eigenvalue weighted by atomic mass is 14.9. The van der Waals surface area contributed by atoms with Gasteiger partial charge in [-0.15, -0.1) is 0 Å². The number of hydrogen-bond acceptors (Lipinski definition) is 1. The van der Waals surface area contributed by atoms with Gasteiger partial charge >= 0.3 is 0 Å². The molecule has 0 saturated heterocycles. The van der Waals surface area contributed by atoms with Crippen LogP contribution in [0.3, 0.4) is 0 Å². The molecule has 0 heterocycles. The van der Waals surface area contributed by atoms with E-state index in [1.807, 2.05) is 12.2 Å². The summed E-state index contributed by atoms with van der Waals surface area (Å²) in [6.07, 6.45) is 10.9. The Bertz CT molecular complexity index is 892. The molecule has 2 rings (SSSR count). The maximum absolute atomic E-state index is 4.21. The van der Waals surface area contributed by atoms with Crippen LogP contribution in [0.5, 0.6) is 0 Å². The van der Waals surface area contributed by atoms with Crippen molar-refractivity contribution in [3.63, 3.8) is 0 Å². The Kier molecular flexibility index (Phi) is 7.83. The van der Waals surface area contributed by atoms with E-state index >= 15 is 0 Å². The van der Waals surface area contributed by atoms with E-state index < -0.39 is 0 Å². The summed E-state index contributed by atoms with van der Waals surface area (Å²) in [5.74, 6) is 0.551. The number of hydrogen-bond donors (Lipinski definition) is 1. The van der Waals surface area contributed by atoms with E-state index in [2.05, 4.69) is 100 Å². The quantitative estimate of drug-likeness (QED) is 0.449. The smallest absolute Gasteiger partial charge is 0.0387 e. The number of aryl methyl sites for hydroxylation is 1. The van der Waals surface area contributed by atoms with Crippen LogP contribution >= 0.6 is 0 Å². The Morgan fingerprint density at radius 3 is 2.39 bits per heavy atom. The molecule has 0 aliphatic heterocycles. The number of allylic oxidation sites excluding steroid dienone is 5. The van der Waals surface area contributed by atoms with Crippen molar-refractivity contribution in [2.24, 2.45) is 5.92 Å². The molecule has 0 spiro atoms. The normalized spacial score (nSPS) is 11.6. The lowest BCUT2D eigenvalue weighted by atomic mass is 9.99. The van der Waals surface area contributed by atoms with Gasteiger partial charge in [-0.2, -0.15) is 0 Å². The fraction of sp³-hybridized carbons (Fsp3) is 0.185. The molecule has 0 unspecified atom stereocenters. The number of nitrogens with one attached hydrogen (secondary N) is 1. The minimum Gasteiger partial charge on any atom is -0.356 e. The molecule has 2 aromatic carbocycles. The minimum absolute atomic E-state index is 0.551. The summed E-state index contributed by atoms with van der Waals surface area (Å²) in [5.41, 5.74) is 7.89. The van der Waals surface area contributed by atoms with Gasteiger partial charge in [0.15, 0.2) is 0 Å². The van der Waals surface area contributed by atoms with Crippen molar-refractivity contribution in [3.05, 3.63) is 114 Å². The van der Waals surface area contributed by atoms with E-state index in [9.17, 15) is 0 Å². The van der Waals surface area contributed by atoms with Crippen molar-refractivity contribution in [3.8, 4) is 0 Å². The minimum atomic E-state index is 0.551. The molecule has 0 aromatic heterocycles. The van der Waals surface area contributed by atoms with Gasteiger partial charge in [-0.3, -0.25) is 0 Å². The molecule has 1 nitrogen and oxygen atoms in total. The molecule has 1 N–H and O–H groups in total. The van der Waals surface area contributed by atoms with E-state index in [1.165, 1.54) is 16.7 Å². The van der Waals surface area contributed by atoms with E-state index in [0.717, 1.165) is 28.9 Å². The van der Waals surface area contributed by atoms with Crippen molar-refractivity contribution in [1.29, 1.82) is 0 Å². The lowest BCUT2D eigenvalue weighted by Gasteiger charge is -2.14. The van der Waals surface area contributed by atoms with Gasteiger partial charge in [-0.25, -0.2) is 0 Å². The Balaban J connectivity index is 2.13. The highest BCUT2D eigenvalue weighted by Gasteiger charge is 2.05. The molecule has 2 aromatic rings. The maximum atomic E-state index is 4.21. The molecule has 144 valence electrons. The predicted octanol–water partition coefficient (Wildman–Crippen LogP) is 7.59. The summed E-state index contributed by atoms with van der Waals surface area (Å²) in [5, 5.41) is 3.44. The Hall–Kier alpha value is -3.06. The van der Waals surface area contributed by atoms with Gasteiger partial charge in [0.25, 0.3) is 0 Å². The lowest BCUT2D eigenvalue weighted by Crippen LogP contribution is -2.00. The Morgan fingerprint density at radius 2 is 1.79 bits per heavy atom. The van der Waals surface area contributed by atoms with Crippen molar-refractivity contribution < 1.29 is 0 Å².